The molecule has 1 aromatic rings. The van der Waals surface area contributed by atoms with Crippen molar-refractivity contribution < 1.29 is 24.5 Å². The standard InChI is InChI=1S/C18H28N2O5/c1-18(2,12-21)16(23)17(24)19-9-5-8-15(22)20-11-13-6-4-7-14(10-13)25-3/h4,6-7,10,16,21,23H,5,8-9,11-12H2,1-3H3,(H,19,24)(H,20,22)/t16-/m0/s1. The lowest BCUT2D eigenvalue weighted by Crippen LogP contribution is -2.45. The third-order valence-electron chi connectivity index (χ3n) is 3.90. The zero-order valence-electron chi connectivity index (χ0n) is 15.0. The Balaban J connectivity index is 2.25. The summed E-state index contributed by atoms with van der Waals surface area (Å²) in [6.07, 6.45) is -0.564. The predicted octanol–water partition coefficient (Wildman–Crippen LogP) is 0.587. The normalized spacial score (nSPS) is 12.4. The van der Waals surface area contributed by atoms with Gasteiger partial charge in [-0.3, -0.25) is 9.59 Å². The van der Waals surface area contributed by atoms with Crippen molar-refractivity contribution in [3.63, 3.8) is 0 Å². The first-order valence-corrected chi connectivity index (χ1v) is 8.26. The molecule has 0 spiro atoms. The number of methoxy groups -OCH3 is 1. The lowest BCUT2D eigenvalue weighted by molar-refractivity contribution is -0.137. The summed E-state index contributed by atoms with van der Waals surface area (Å²) in [6.45, 7) is 3.59. The first-order chi connectivity index (χ1) is 11.8. The molecule has 1 atom stereocenters. The van der Waals surface area contributed by atoms with Gasteiger partial charge in [-0.05, 0) is 24.1 Å². The van der Waals surface area contributed by atoms with E-state index >= 15 is 0 Å². The molecular weight excluding hydrogens is 324 g/mol. The summed E-state index contributed by atoms with van der Waals surface area (Å²) in [5.41, 5.74) is 0.0356. The van der Waals surface area contributed by atoms with Gasteiger partial charge in [0.25, 0.3) is 0 Å². The van der Waals surface area contributed by atoms with Crippen LogP contribution in [0.25, 0.3) is 0 Å². The van der Waals surface area contributed by atoms with Gasteiger partial charge in [-0.2, -0.15) is 0 Å². The number of aliphatic hydroxyl groups is 2. The van der Waals surface area contributed by atoms with Crippen molar-refractivity contribution in [2.45, 2.75) is 39.3 Å². The molecular formula is C18H28N2O5. The Kier molecular flexibility index (Phi) is 8.37. The number of amides is 2. The number of carbonyl (C=O) groups is 2. The summed E-state index contributed by atoms with van der Waals surface area (Å²) in [7, 11) is 1.59. The lowest BCUT2D eigenvalue weighted by Gasteiger charge is -2.27. The Morgan fingerprint density at radius 2 is 2.00 bits per heavy atom. The van der Waals surface area contributed by atoms with E-state index in [0.29, 0.717) is 13.0 Å². The summed E-state index contributed by atoms with van der Waals surface area (Å²) < 4.78 is 5.13. The fraction of sp³-hybridized carbons (Fsp3) is 0.556. The Morgan fingerprint density at radius 3 is 2.64 bits per heavy atom. The monoisotopic (exact) mass is 352 g/mol. The highest BCUT2D eigenvalue weighted by atomic mass is 16.5. The highest BCUT2D eigenvalue weighted by Crippen LogP contribution is 2.19. The molecule has 0 aromatic heterocycles. The molecule has 7 heteroatoms. The van der Waals surface area contributed by atoms with Gasteiger partial charge in [0.05, 0.1) is 13.7 Å². The smallest absolute Gasteiger partial charge is 0.249 e. The number of aliphatic hydroxyl groups excluding tert-OH is 2. The van der Waals surface area contributed by atoms with Crippen LogP contribution in [0.2, 0.25) is 0 Å². The molecule has 1 rings (SSSR count). The molecule has 0 saturated carbocycles. The number of ether oxygens (including phenoxy) is 1. The Morgan fingerprint density at radius 1 is 1.28 bits per heavy atom. The second-order valence-electron chi connectivity index (χ2n) is 6.57. The summed E-state index contributed by atoms with van der Waals surface area (Å²) in [5, 5.41) is 24.4. The Labute approximate surface area is 148 Å². The van der Waals surface area contributed by atoms with Gasteiger partial charge < -0.3 is 25.6 Å². The largest absolute Gasteiger partial charge is 0.497 e. The molecule has 1 aromatic carbocycles. The van der Waals surface area contributed by atoms with Crippen molar-refractivity contribution in [1.29, 1.82) is 0 Å². The molecule has 0 heterocycles. The second-order valence-corrected chi connectivity index (χ2v) is 6.57. The molecule has 0 saturated heterocycles. The van der Waals surface area contributed by atoms with Gasteiger partial charge in [0, 0.05) is 24.9 Å². The number of hydrogen-bond donors (Lipinski definition) is 4. The number of benzene rings is 1. The molecule has 0 bridgehead atoms. The van der Waals surface area contributed by atoms with E-state index in [2.05, 4.69) is 10.6 Å². The van der Waals surface area contributed by atoms with E-state index in [0.717, 1.165) is 11.3 Å². The van der Waals surface area contributed by atoms with E-state index in [1.54, 1.807) is 21.0 Å². The molecule has 0 radical (unpaired) electrons. The highest BCUT2D eigenvalue weighted by molar-refractivity contribution is 5.81. The van der Waals surface area contributed by atoms with E-state index < -0.39 is 17.4 Å². The summed E-state index contributed by atoms with van der Waals surface area (Å²) >= 11 is 0. The van der Waals surface area contributed by atoms with Crippen LogP contribution in [0.5, 0.6) is 5.75 Å². The molecule has 0 aliphatic rings. The van der Waals surface area contributed by atoms with Crippen LogP contribution in [0.1, 0.15) is 32.3 Å². The molecule has 0 aliphatic carbocycles. The van der Waals surface area contributed by atoms with Crippen molar-refractivity contribution >= 4 is 11.8 Å². The third-order valence-corrected chi connectivity index (χ3v) is 3.90. The average molecular weight is 352 g/mol. The maximum atomic E-state index is 11.8. The Bertz CT molecular complexity index is 574. The minimum absolute atomic E-state index is 0.117. The van der Waals surface area contributed by atoms with Crippen molar-refractivity contribution in [1.82, 2.24) is 10.6 Å². The van der Waals surface area contributed by atoms with E-state index in [9.17, 15) is 14.7 Å². The SMILES string of the molecule is COc1cccc(CNC(=O)CCCNC(=O)[C@H](O)C(C)(C)CO)c1. The van der Waals surface area contributed by atoms with Crippen LogP contribution in [0.4, 0.5) is 0 Å². The topological polar surface area (TPSA) is 108 Å². The second kappa shape index (κ2) is 10.0. The molecule has 2 amide bonds. The van der Waals surface area contributed by atoms with Gasteiger partial charge in [-0.15, -0.1) is 0 Å². The molecule has 0 fully saturated rings. The fourth-order valence-electron chi connectivity index (χ4n) is 2.07. The van der Waals surface area contributed by atoms with Crippen LogP contribution < -0.4 is 15.4 Å². The number of nitrogens with one attached hydrogen (secondary N) is 2. The molecule has 0 aliphatic heterocycles. The fourth-order valence-corrected chi connectivity index (χ4v) is 2.07. The van der Waals surface area contributed by atoms with Gasteiger partial charge >= 0.3 is 0 Å². The minimum Gasteiger partial charge on any atom is -0.497 e. The van der Waals surface area contributed by atoms with E-state index in [1.807, 2.05) is 24.3 Å². The van der Waals surface area contributed by atoms with Gasteiger partial charge in [-0.25, -0.2) is 0 Å². The van der Waals surface area contributed by atoms with Crippen molar-refractivity contribution in [2.75, 3.05) is 20.3 Å². The van der Waals surface area contributed by atoms with Crippen molar-refractivity contribution in [3.05, 3.63) is 29.8 Å². The minimum atomic E-state index is -1.29. The third kappa shape index (κ3) is 7.11. The van der Waals surface area contributed by atoms with Crippen molar-refractivity contribution in [2.24, 2.45) is 5.41 Å². The summed E-state index contributed by atoms with van der Waals surface area (Å²) in [4.78, 5) is 23.6. The van der Waals surface area contributed by atoms with E-state index in [4.69, 9.17) is 9.84 Å². The first-order valence-electron chi connectivity index (χ1n) is 8.26. The quantitative estimate of drug-likeness (QED) is 0.461. The summed E-state index contributed by atoms with van der Waals surface area (Å²) in [5.74, 6) is 0.0722. The van der Waals surface area contributed by atoms with E-state index in [1.165, 1.54) is 0 Å². The molecule has 0 unspecified atom stereocenters. The average Bonchev–Trinajstić information content (AvgIpc) is 2.62. The van der Waals surface area contributed by atoms with E-state index in [-0.39, 0.29) is 25.5 Å². The van der Waals surface area contributed by atoms with Gasteiger partial charge in [0.1, 0.15) is 11.9 Å². The van der Waals surface area contributed by atoms with Crippen LogP contribution in [0, 0.1) is 5.41 Å². The highest BCUT2D eigenvalue weighted by Gasteiger charge is 2.32. The van der Waals surface area contributed by atoms with Crippen LogP contribution in [0.3, 0.4) is 0 Å². The molecule has 25 heavy (non-hydrogen) atoms. The van der Waals surface area contributed by atoms with Gasteiger partial charge in [0.15, 0.2) is 0 Å². The molecule has 140 valence electrons. The molecule has 4 N–H and O–H groups in total. The van der Waals surface area contributed by atoms with Crippen LogP contribution in [0.15, 0.2) is 24.3 Å². The van der Waals surface area contributed by atoms with Crippen LogP contribution in [-0.2, 0) is 16.1 Å². The number of rotatable bonds is 10. The zero-order valence-corrected chi connectivity index (χ0v) is 15.0. The van der Waals surface area contributed by atoms with Crippen LogP contribution in [-0.4, -0.2) is 48.4 Å². The van der Waals surface area contributed by atoms with Crippen molar-refractivity contribution in [3.8, 4) is 5.75 Å². The maximum Gasteiger partial charge on any atom is 0.249 e. The Hall–Kier alpha value is -2.12. The predicted molar refractivity (Wildman–Crippen MR) is 94.0 cm³/mol. The summed E-state index contributed by atoms with van der Waals surface area (Å²) in [6, 6.07) is 7.44. The van der Waals surface area contributed by atoms with Gasteiger partial charge in [0.2, 0.25) is 11.8 Å². The maximum absolute atomic E-state index is 11.8. The molecule has 7 nitrogen and oxygen atoms in total. The number of hydrogen-bond acceptors (Lipinski definition) is 5. The number of carbonyl (C=O) groups excluding carboxylic acids is 2. The first kappa shape index (κ1) is 20.9. The zero-order chi connectivity index (χ0) is 18.9. The van der Waals surface area contributed by atoms with Gasteiger partial charge in [-0.1, -0.05) is 26.0 Å². The lowest BCUT2D eigenvalue weighted by atomic mass is 9.87. The van der Waals surface area contributed by atoms with Crippen LogP contribution >= 0.6 is 0 Å².